The first kappa shape index (κ1) is 34.2. The van der Waals surface area contributed by atoms with Crippen molar-refractivity contribution in [3.63, 3.8) is 0 Å². The van der Waals surface area contributed by atoms with Crippen LogP contribution in [0.2, 0.25) is 0 Å². The fourth-order valence-corrected chi connectivity index (χ4v) is 3.27. The number of carbonyl (C=O) groups is 5. The summed E-state index contributed by atoms with van der Waals surface area (Å²) >= 11 is 0. The van der Waals surface area contributed by atoms with Gasteiger partial charge in [-0.05, 0) is 60.4 Å². The van der Waals surface area contributed by atoms with Crippen LogP contribution in [0, 0.1) is 0 Å². The van der Waals surface area contributed by atoms with E-state index in [-0.39, 0.29) is 51.0 Å². The molecule has 0 fully saturated rings. The molecule has 5 unspecified atom stereocenters. The number of aliphatic hydroxyl groups is 1. The highest BCUT2D eigenvalue weighted by Crippen LogP contribution is 2.07. The third kappa shape index (κ3) is 15.2. The Hall–Kier alpha value is -2.77. The van der Waals surface area contributed by atoms with E-state index in [1.54, 1.807) is 20.9 Å². The lowest BCUT2D eigenvalue weighted by molar-refractivity contribution is -0.148. The Morgan fingerprint density at radius 2 is 1.49 bits per heavy atom. The molecule has 0 saturated heterocycles. The maximum absolute atomic E-state index is 12.6. The van der Waals surface area contributed by atoms with E-state index in [0.717, 1.165) is 0 Å². The Kier molecular flexibility index (Phi) is 17.9. The van der Waals surface area contributed by atoms with Gasteiger partial charge in [0.25, 0.3) is 0 Å². The SMILES string of the molecule is CCOC(=O)C(N)CCCC(CO)NC(=O)CCC(NC(=O)C(C)NC(=O)CC(C)NC)C(=O)OCC. The van der Waals surface area contributed by atoms with Crippen molar-refractivity contribution in [3.05, 3.63) is 0 Å². The van der Waals surface area contributed by atoms with Gasteiger partial charge in [-0.3, -0.25) is 19.2 Å². The first-order valence-corrected chi connectivity index (χ1v) is 12.7. The van der Waals surface area contributed by atoms with E-state index in [4.69, 9.17) is 15.2 Å². The molecule has 0 radical (unpaired) electrons. The molecule has 0 aromatic heterocycles. The van der Waals surface area contributed by atoms with Crippen LogP contribution in [0.25, 0.3) is 0 Å². The number of hydrogen-bond acceptors (Lipinski definition) is 10. The number of aliphatic hydroxyl groups excluding tert-OH is 1. The largest absolute Gasteiger partial charge is 0.465 e. The second-order valence-corrected chi connectivity index (χ2v) is 8.77. The molecule has 214 valence electrons. The highest BCUT2D eigenvalue weighted by Gasteiger charge is 2.26. The molecular weight excluding hydrogens is 486 g/mol. The Morgan fingerprint density at radius 3 is 2.05 bits per heavy atom. The summed E-state index contributed by atoms with van der Waals surface area (Å²) in [6.07, 6.45) is 1.21. The summed E-state index contributed by atoms with van der Waals surface area (Å²) in [5.74, 6) is -2.54. The maximum atomic E-state index is 12.6. The highest BCUT2D eigenvalue weighted by molar-refractivity contribution is 5.90. The molecule has 13 heteroatoms. The number of hydrogen-bond donors (Lipinski definition) is 6. The minimum atomic E-state index is -1.09. The van der Waals surface area contributed by atoms with Gasteiger partial charge in [-0.15, -0.1) is 0 Å². The fourth-order valence-electron chi connectivity index (χ4n) is 3.27. The van der Waals surface area contributed by atoms with Crippen LogP contribution >= 0.6 is 0 Å². The van der Waals surface area contributed by atoms with Crippen LogP contribution in [-0.4, -0.2) is 91.8 Å². The van der Waals surface area contributed by atoms with Gasteiger partial charge in [-0.25, -0.2) is 4.79 Å². The predicted octanol–water partition coefficient (Wildman–Crippen LogP) is -1.14. The average Bonchev–Trinajstić information content (AvgIpc) is 2.85. The maximum Gasteiger partial charge on any atom is 0.328 e. The van der Waals surface area contributed by atoms with Crippen molar-refractivity contribution in [2.45, 2.75) is 96.4 Å². The number of amides is 3. The van der Waals surface area contributed by atoms with Gasteiger partial charge in [0.15, 0.2) is 0 Å². The van der Waals surface area contributed by atoms with E-state index < -0.39 is 47.9 Å². The van der Waals surface area contributed by atoms with Crippen LogP contribution in [0.1, 0.15) is 66.2 Å². The molecule has 0 bridgehead atoms. The van der Waals surface area contributed by atoms with E-state index in [0.29, 0.717) is 19.3 Å². The third-order valence-corrected chi connectivity index (χ3v) is 5.55. The summed E-state index contributed by atoms with van der Waals surface area (Å²) in [5.41, 5.74) is 5.75. The van der Waals surface area contributed by atoms with Gasteiger partial charge < -0.3 is 41.6 Å². The molecule has 0 saturated carbocycles. The lowest BCUT2D eigenvalue weighted by atomic mass is 10.1. The molecule has 0 aromatic rings. The van der Waals surface area contributed by atoms with E-state index in [2.05, 4.69) is 21.3 Å². The van der Waals surface area contributed by atoms with E-state index in [1.807, 2.05) is 6.92 Å². The predicted molar refractivity (Wildman–Crippen MR) is 136 cm³/mol. The molecule has 0 aliphatic heterocycles. The number of nitrogens with one attached hydrogen (secondary N) is 4. The van der Waals surface area contributed by atoms with Crippen molar-refractivity contribution in [3.8, 4) is 0 Å². The van der Waals surface area contributed by atoms with Gasteiger partial charge in [-0.1, -0.05) is 0 Å². The summed E-state index contributed by atoms with van der Waals surface area (Å²) < 4.78 is 9.86. The first-order valence-electron chi connectivity index (χ1n) is 12.7. The second-order valence-electron chi connectivity index (χ2n) is 8.77. The number of rotatable bonds is 19. The van der Waals surface area contributed by atoms with E-state index in [9.17, 15) is 29.1 Å². The zero-order chi connectivity index (χ0) is 28.4. The first-order chi connectivity index (χ1) is 17.5. The summed E-state index contributed by atoms with van der Waals surface area (Å²) in [6, 6.07) is -3.40. The van der Waals surface area contributed by atoms with Gasteiger partial charge in [-0.2, -0.15) is 0 Å². The monoisotopic (exact) mass is 531 g/mol. The standard InChI is InChI=1S/C24H45N5O8/c1-6-36-23(34)18(25)10-8-9-17(14-30)28-20(31)12-11-19(24(35)37-7-2)29-22(33)16(4)27-21(32)13-15(3)26-5/h15-19,26,30H,6-14,25H2,1-5H3,(H,27,32)(H,28,31)(H,29,33). The van der Waals surface area contributed by atoms with Gasteiger partial charge in [0.1, 0.15) is 18.1 Å². The third-order valence-electron chi connectivity index (χ3n) is 5.55. The molecule has 7 N–H and O–H groups in total. The zero-order valence-electron chi connectivity index (χ0n) is 22.6. The molecule has 0 aromatic carbocycles. The molecule has 37 heavy (non-hydrogen) atoms. The van der Waals surface area contributed by atoms with Crippen molar-refractivity contribution in [1.29, 1.82) is 0 Å². The average molecular weight is 532 g/mol. The lowest BCUT2D eigenvalue weighted by Crippen LogP contribution is -2.51. The summed E-state index contributed by atoms with van der Waals surface area (Å²) in [7, 11) is 1.72. The van der Waals surface area contributed by atoms with Crippen molar-refractivity contribution in [1.82, 2.24) is 21.3 Å². The van der Waals surface area contributed by atoms with Crippen molar-refractivity contribution < 1.29 is 38.6 Å². The number of ether oxygens (including phenoxy) is 2. The molecule has 0 spiro atoms. The molecule has 13 nitrogen and oxygen atoms in total. The summed E-state index contributed by atoms with van der Waals surface area (Å²) in [4.78, 5) is 61.0. The molecule has 0 heterocycles. The van der Waals surface area contributed by atoms with Gasteiger partial charge in [0.2, 0.25) is 17.7 Å². The molecule has 0 aliphatic carbocycles. The smallest absolute Gasteiger partial charge is 0.328 e. The highest BCUT2D eigenvalue weighted by atomic mass is 16.5. The topological polar surface area (TPSA) is 198 Å². The van der Waals surface area contributed by atoms with Crippen LogP contribution in [0.5, 0.6) is 0 Å². The van der Waals surface area contributed by atoms with Crippen molar-refractivity contribution in [2.24, 2.45) is 5.73 Å². The summed E-state index contributed by atoms with van der Waals surface area (Å²) in [5, 5.41) is 20.3. The van der Waals surface area contributed by atoms with Crippen LogP contribution in [0.4, 0.5) is 0 Å². The molecule has 5 atom stereocenters. The Bertz CT molecular complexity index is 736. The van der Waals surface area contributed by atoms with E-state index in [1.165, 1.54) is 6.92 Å². The number of nitrogens with two attached hydrogens (primary N) is 1. The fraction of sp³-hybridized carbons (Fsp3) is 0.792. The van der Waals surface area contributed by atoms with Crippen LogP contribution in [0.15, 0.2) is 0 Å². The van der Waals surface area contributed by atoms with Crippen LogP contribution in [0.3, 0.4) is 0 Å². The Morgan fingerprint density at radius 1 is 0.865 bits per heavy atom. The van der Waals surface area contributed by atoms with Gasteiger partial charge >= 0.3 is 11.9 Å². The molecular formula is C24H45N5O8. The van der Waals surface area contributed by atoms with E-state index >= 15 is 0 Å². The number of carbonyl (C=O) groups excluding carboxylic acids is 5. The van der Waals surface area contributed by atoms with Crippen LogP contribution < -0.4 is 27.0 Å². The lowest BCUT2D eigenvalue weighted by Gasteiger charge is -2.21. The second kappa shape index (κ2) is 19.4. The molecule has 3 amide bonds. The Balaban J connectivity index is 4.80. The van der Waals surface area contributed by atoms with Crippen molar-refractivity contribution >= 4 is 29.7 Å². The molecule has 0 aliphatic rings. The van der Waals surface area contributed by atoms with Crippen LogP contribution in [-0.2, 0) is 33.4 Å². The quantitative estimate of drug-likeness (QED) is 0.111. The molecule has 0 rings (SSSR count). The summed E-state index contributed by atoms with van der Waals surface area (Å²) in [6.45, 7) is 6.63. The normalized spacial score (nSPS) is 14.9. The number of esters is 2. The van der Waals surface area contributed by atoms with Gasteiger partial charge in [0.05, 0.1) is 25.9 Å². The Labute approximate surface area is 219 Å². The minimum Gasteiger partial charge on any atom is -0.465 e. The van der Waals surface area contributed by atoms with Gasteiger partial charge in [0, 0.05) is 18.9 Å². The minimum absolute atomic E-state index is 0.0419. The van der Waals surface area contributed by atoms with Crippen molar-refractivity contribution in [2.75, 3.05) is 26.9 Å². The zero-order valence-corrected chi connectivity index (χ0v) is 22.6.